The van der Waals surface area contributed by atoms with Crippen molar-refractivity contribution in [2.75, 3.05) is 38.1 Å². The van der Waals surface area contributed by atoms with Crippen molar-refractivity contribution in [1.82, 2.24) is 9.97 Å². The lowest BCUT2D eigenvalue weighted by atomic mass is 10.3. The standard InChI is InChI=1S/C9H17N5O3/c1-16-4-6(15)3-11-8-7(17-2)9(14-10)13-5-12-8/h5-6,15H,3-4,10H2,1-2H3,(H2,11,12,13,14). The molecule has 96 valence electrons. The number of nitrogen functional groups attached to an aromatic ring is 1. The molecule has 1 aromatic heterocycles. The molecule has 5 N–H and O–H groups in total. The number of hydrazine groups is 1. The molecule has 0 aromatic carbocycles. The average Bonchev–Trinajstić information content (AvgIpc) is 2.36. The number of nitrogens with two attached hydrogens (primary N) is 1. The fraction of sp³-hybridized carbons (Fsp3) is 0.556. The molecule has 0 aliphatic carbocycles. The van der Waals surface area contributed by atoms with Crippen molar-refractivity contribution in [2.24, 2.45) is 5.84 Å². The van der Waals surface area contributed by atoms with E-state index in [-0.39, 0.29) is 13.2 Å². The van der Waals surface area contributed by atoms with E-state index in [1.54, 1.807) is 0 Å². The molecule has 0 aliphatic heterocycles. The first-order valence-electron chi connectivity index (χ1n) is 4.99. The van der Waals surface area contributed by atoms with Gasteiger partial charge in [0, 0.05) is 13.7 Å². The van der Waals surface area contributed by atoms with Gasteiger partial charge in [0.25, 0.3) is 0 Å². The van der Waals surface area contributed by atoms with Crippen molar-refractivity contribution < 1.29 is 14.6 Å². The average molecular weight is 243 g/mol. The Balaban J connectivity index is 2.70. The highest BCUT2D eigenvalue weighted by atomic mass is 16.5. The maximum Gasteiger partial charge on any atom is 0.205 e. The molecule has 0 saturated heterocycles. The van der Waals surface area contributed by atoms with Gasteiger partial charge in [0.2, 0.25) is 5.75 Å². The molecule has 0 amide bonds. The number of nitrogens with zero attached hydrogens (tertiary/aromatic N) is 2. The van der Waals surface area contributed by atoms with Crippen LogP contribution in [0.15, 0.2) is 6.33 Å². The third-order valence-corrected chi connectivity index (χ3v) is 2.01. The van der Waals surface area contributed by atoms with Crippen LogP contribution in [-0.4, -0.2) is 48.5 Å². The van der Waals surface area contributed by atoms with Crippen LogP contribution in [0.2, 0.25) is 0 Å². The molecule has 1 unspecified atom stereocenters. The first-order chi connectivity index (χ1) is 8.22. The second-order valence-electron chi connectivity index (χ2n) is 3.24. The summed E-state index contributed by atoms with van der Waals surface area (Å²) in [5, 5.41) is 12.4. The van der Waals surface area contributed by atoms with Crippen molar-refractivity contribution in [3.05, 3.63) is 6.33 Å². The topological polar surface area (TPSA) is 115 Å². The van der Waals surface area contributed by atoms with Gasteiger partial charge >= 0.3 is 0 Å². The summed E-state index contributed by atoms with van der Waals surface area (Å²) in [6, 6.07) is 0. The van der Waals surface area contributed by atoms with Crippen LogP contribution in [0.5, 0.6) is 5.75 Å². The quantitative estimate of drug-likeness (QED) is 0.363. The van der Waals surface area contributed by atoms with Gasteiger partial charge in [-0.1, -0.05) is 0 Å². The molecule has 1 rings (SSSR count). The molecule has 8 nitrogen and oxygen atoms in total. The molecule has 0 saturated carbocycles. The lowest BCUT2D eigenvalue weighted by Crippen LogP contribution is -2.25. The number of hydrogen-bond acceptors (Lipinski definition) is 8. The summed E-state index contributed by atoms with van der Waals surface area (Å²) in [5.41, 5.74) is 2.40. The summed E-state index contributed by atoms with van der Waals surface area (Å²) in [6.45, 7) is 0.521. The number of rotatable bonds is 7. The molecule has 0 spiro atoms. The van der Waals surface area contributed by atoms with Crippen molar-refractivity contribution in [3.8, 4) is 5.75 Å². The predicted octanol–water partition coefficient (Wildman–Crippen LogP) is -0.810. The van der Waals surface area contributed by atoms with Gasteiger partial charge in [-0.2, -0.15) is 0 Å². The van der Waals surface area contributed by atoms with Crippen LogP contribution in [0, 0.1) is 0 Å². The van der Waals surface area contributed by atoms with Gasteiger partial charge in [-0.15, -0.1) is 0 Å². The maximum absolute atomic E-state index is 9.49. The van der Waals surface area contributed by atoms with Crippen LogP contribution in [0.3, 0.4) is 0 Å². The number of aliphatic hydroxyl groups excluding tert-OH is 1. The Morgan fingerprint density at radius 1 is 1.41 bits per heavy atom. The van der Waals surface area contributed by atoms with Crippen molar-refractivity contribution in [1.29, 1.82) is 0 Å². The lowest BCUT2D eigenvalue weighted by molar-refractivity contribution is 0.0727. The fourth-order valence-corrected chi connectivity index (χ4v) is 1.26. The van der Waals surface area contributed by atoms with E-state index < -0.39 is 6.10 Å². The Labute approximate surface area is 99.1 Å². The zero-order valence-corrected chi connectivity index (χ0v) is 9.80. The number of nitrogens with one attached hydrogen (secondary N) is 2. The minimum atomic E-state index is -0.631. The van der Waals surface area contributed by atoms with E-state index in [4.69, 9.17) is 15.3 Å². The highest BCUT2D eigenvalue weighted by Crippen LogP contribution is 2.27. The van der Waals surface area contributed by atoms with Crippen molar-refractivity contribution >= 4 is 11.6 Å². The number of methoxy groups -OCH3 is 2. The number of aromatic nitrogens is 2. The first-order valence-corrected chi connectivity index (χ1v) is 4.99. The Morgan fingerprint density at radius 2 is 2.12 bits per heavy atom. The van der Waals surface area contributed by atoms with E-state index in [1.165, 1.54) is 20.5 Å². The van der Waals surface area contributed by atoms with Gasteiger partial charge in [-0.25, -0.2) is 15.8 Å². The van der Waals surface area contributed by atoms with E-state index in [1.807, 2.05) is 0 Å². The molecular weight excluding hydrogens is 226 g/mol. The van der Waals surface area contributed by atoms with Gasteiger partial charge in [-0.05, 0) is 0 Å². The number of anilines is 2. The Hall–Kier alpha value is -1.64. The van der Waals surface area contributed by atoms with E-state index >= 15 is 0 Å². The zero-order valence-electron chi connectivity index (χ0n) is 9.80. The number of ether oxygens (including phenoxy) is 2. The Morgan fingerprint density at radius 3 is 2.71 bits per heavy atom. The highest BCUT2D eigenvalue weighted by Gasteiger charge is 2.12. The normalized spacial score (nSPS) is 12.0. The minimum Gasteiger partial charge on any atom is -0.490 e. The molecule has 1 atom stereocenters. The maximum atomic E-state index is 9.49. The third-order valence-electron chi connectivity index (χ3n) is 2.01. The van der Waals surface area contributed by atoms with E-state index in [2.05, 4.69) is 20.7 Å². The van der Waals surface area contributed by atoms with Crippen LogP contribution in [0.4, 0.5) is 11.6 Å². The van der Waals surface area contributed by atoms with E-state index in [9.17, 15) is 5.11 Å². The van der Waals surface area contributed by atoms with Crippen LogP contribution in [0.25, 0.3) is 0 Å². The predicted molar refractivity (Wildman–Crippen MR) is 62.8 cm³/mol. The lowest BCUT2D eigenvalue weighted by Gasteiger charge is -2.14. The number of hydrogen-bond donors (Lipinski definition) is 4. The highest BCUT2D eigenvalue weighted by molar-refractivity contribution is 5.62. The van der Waals surface area contributed by atoms with Gasteiger partial charge in [0.1, 0.15) is 6.33 Å². The second kappa shape index (κ2) is 6.84. The molecule has 8 heteroatoms. The van der Waals surface area contributed by atoms with E-state index in [0.717, 1.165) is 0 Å². The Kier molecular flexibility index (Phi) is 5.40. The summed E-state index contributed by atoms with van der Waals surface area (Å²) >= 11 is 0. The van der Waals surface area contributed by atoms with Crippen LogP contribution < -0.4 is 21.3 Å². The van der Waals surface area contributed by atoms with Gasteiger partial charge in [-0.3, -0.25) is 0 Å². The molecule has 0 radical (unpaired) electrons. The van der Waals surface area contributed by atoms with Gasteiger partial charge in [0.15, 0.2) is 11.6 Å². The molecule has 0 bridgehead atoms. The second-order valence-corrected chi connectivity index (χ2v) is 3.24. The number of aliphatic hydroxyl groups is 1. The molecule has 1 heterocycles. The third kappa shape index (κ3) is 3.70. The molecule has 1 aromatic rings. The fourth-order valence-electron chi connectivity index (χ4n) is 1.26. The van der Waals surface area contributed by atoms with Crippen LogP contribution in [-0.2, 0) is 4.74 Å². The largest absolute Gasteiger partial charge is 0.490 e. The SMILES string of the molecule is COCC(O)CNc1ncnc(NN)c1OC. The summed E-state index contributed by atoms with van der Waals surface area (Å²) in [6.07, 6.45) is 0.705. The summed E-state index contributed by atoms with van der Waals surface area (Å²) in [7, 11) is 3.00. The van der Waals surface area contributed by atoms with Gasteiger partial charge < -0.3 is 25.3 Å². The van der Waals surface area contributed by atoms with Crippen LogP contribution in [0.1, 0.15) is 0 Å². The summed E-state index contributed by atoms with van der Waals surface area (Å²) in [5.74, 6) is 6.49. The molecule has 0 aliphatic rings. The smallest absolute Gasteiger partial charge is 0.205 e. The minimum absolute atomic E-state index is 0.238. The zero-order chi connectivity index (χ0) is 12.7. The summed E-state index contributed by atoms with van der Waals surface area (Å²) in [4.78, 5) is 7.89. The molecule has 0 fully saturated rings. The van der Waals surface area contributed by atoms with Gasteiger partial charge in [0.05, 0.1) is 19.8 Å². The monoisotopic (exact) mass is 243 g/mol. The van der Waals surface area contributed by atoms with Crippen molar-refractivity contribution in [3.63, 3.8) is 0 Å². The molecule has 17 heavy (non-hydrogen) atoms. The molecular formula is C9H17N5O3. The Bertz CT molecular complexity index is 349. The van der Waals surface area contributed by atoms with Crippen molar-refractivity contribution in [2.45, 2.75) is 6.10 Å². The summed E-state index contributed by atoms with van der Waals surface area (Å²) < 4.78 is 9.92. The van der Waals surface area contributed by atoms with Crippen LogP contribution >= 0.6 is 0 Å². The van der Waals surface area contributed by atoms with E-state index in [0.29, 0.717) is 17.4 Å². The first kappa shape index (κ1) is 13.4.